The van der Waals surface area contributed by atoms with Crippen molar-refractivity contribution >= 4 is 45.6 Å². The summed E-state index contributed by atoms with van der Waals surface area (Å²) < 4.78 is 27.6. The van der Waals surface area contributed by atoms with Gasteiger partial charge in [-0.25, -0.2) is 13.1 Å². The van der Waals surface area contributed by atoms with Crippen LogP contribution in [0.15, 0.2) is 41.6 Å². The lowest BCUT2D eigenvalue weighted by Crippen LogP contribution is -2.36. The Hall–Kier alpha value is -0.920. The van der Waals surface area contributed by atoms with Crippen molar-refractivity contribution in [3.8, 4) is 0 Å². The predicted molar refractivity (Wildman–Crippen MR) is 87.8 cm³/mol. The van der Waals surface area contributed by atoms with Crippen molar-refractivity contribution in [1.29, 1.82) is 0 Å². The molecule has 0 radical (unpaired) electrons. The van der Waals surface area contributed by atoms with E-state index >= 15 is 0 Å². The normalized spacial score (nSPS) is 18.0. The predicted octanol–water partition coefficient (Wildman–Crippen LogP) is 1.72. The Bertz CT molecular complexity index is 698. The van der Waals surface area contributed by atoms with Crippen LogP contribution in [0, 0.1) is 0 Å². The third kappa shape index (κ3) is 3.84. The molecule has 3 rings (SSSR count). The van der Waals surface area contributed by atoms with Gasteiger partial charge < -0.3 is 5.32 Å². The minimum Gasteiger partial charge on any atom is -0.315 e. The van der Waals surface area contributed by atoms with Gasteiger partial charge in [0.05, 0.1) is 4.90 Å². The Morgan fingerprint density at radius 1 is 1.24 bits per heavy atom. The molecule has 2 heterocycles. The summed E-state index contributed by atoms with van der Waals surface area (Å²) in [5, 5.41) is 4.68. The van der Waals surface area contributed by atoms with Crippen LogP contribution >= 0.6 is 24.8 Å². The lowest BCUT2D eigenvalue weighted by atomic mass is 10.2. The smallest absolute Gasteiger partial charge is 0.241 e. The Morgan fingerprint density at radius 3 is 2.76 bits per heavy atom. The number of nitrogens with zero attached hydrogens (tertiary/aromatic N) is 1. The zero-order valence-electron chi connectivity index (χ0n) is 11.2. The second kappa shape index (κ2) is 7.38. The summed E-state index contributed by atoms with van der Waals surface area (Å²) in [4.78, 5) is 4.33. The van der Waals surface area contributed by atoms with Gasteiger partial charge in [0.15, 0.2) is 0 Å². The second-order valence-electron chi connectivity index (χ2n) is 4.66. The summed E-state index contributed by atoms with van der Waals surface area (Å²) in [5.74, 6) is 0. The first-order valence-corrected chi connectivity index (χ1v) is 7.71. The number of benzene rings is 1. The van der Waals surface area contributed by atoms with Gasteiger partial charge in [-0.2, -0.15) is 0 Å². The standard InChI is InChI=1S/C13H15N3O2S.2ClH/c17-19(18,16-11-4-6-15-9-11)13-3-1-2-10-8-14-7-5-12(10)13;;/h1-3,5,7-8,11,15-16H,4,6,9H2;2*1H/t11-;;/m0../s1. The number of fused-ring (bicyclic) bond motifs is 1. The number of sulfonamides is 1. The number of rotatable bonds is 3. The van der Waals surface area contributed by atoms with Crippen LogP contribution in [-0.4, -0.2) is 32.5 Å². The van der Waals surface area contributed by atoms with Gasteiger partial charge in [0, 0.05) is 35.8 Å². The minimum absolute atomic E-state index is 0. The zero-order chi connectivity index (χ0) is 13.3. The van der Waals surface area contributed by atoms with Gasteiger partial charge in [-0.05, 0) is 25.1 Å². The molecule has 0 saturated carbocycles. The van der Waals surface area contributed by atoms with Crippen LogP contribution in [0.5, 0.6) is 0 Å². The topological polar surface area (TPSA) is 71.1 Å². The van der Waals surface area contributed by atoms with Crippen molar-refractivity contribution in [1.82, 2.24) is 15.0 Å². The van der Waals surface area contributed by atoms with Gasteiger partial charge in [-0.3, -0.25) is 4.98 Å². The lowest BCUT2D eigenvalue weighted by Gasteiger charge is -2.13. The van der Waals surface area contributed by atoms with Crippen LogP contribution in [0.2, 0.25) is 0 Å². The van der Waals surface area contributed by atoms with Crippen molar-refractivity contribution in [3.63, 3.8) is 0 Å². The molecule has 5 nitrogen and oxygen atoms in total. The Labute approximate surface area is 136 Å². The monoisotopic (exact) mass is 349 g/mol. The molecule has 0 unspecified atom stereocenters. The first kappa shape index (κ1) is 18.1. The number of aromatic nitrogens is 1. The minimum atomic E-state index is -3.49. The summed E-state index contributed by atoms with van der Waals surface area (Å²) in [6.07, 6.45) is 4.11. The maximum atomic E-state index is 12.4. The molecule has 1 atom stereocenters. The molecule has 8 heteroatoms. The number of hydrogen-bond acceptors (Lipinski definition) is 4. The van der Waals surface area contributed by atoms with Gasteiger partial charge in [-0.1, -0.05) is 12.1 Å². The molecule has 21 heavy (non-hydrogen) atoms. The lowest BCUT2D eigenvalue weighted by molar-refractivity contribution is 0.561. The van der Waals surface area contributed by atoms with E-state index in [1.165, 1.54) is 0 Å². The van der Waals surface area contributed by atoms with Gasteiger partial charge >= 0.3 is 0 Å². The zero-order valence-corrected chi connectivity index (χ0v) is 13.6. The van der Waals surface area contributed by atoms with Crippen molar-refractivity contribution < 1.29 is 8.42 Å². The van der Waals surface area contributed by atoms with E-state index in [-0.39, 0.29) is 30.9 Å². The highest BCUT2D eigenvalue weighted by atomic mass is 35.5. The quantitative estimate of drug-likeness (QED) is 0.884. The maximum Gasteiger partial charge on any atom is 0.241 e. The van der Waals surface area contributed by atoms with E-state index < -0.39 is 10.0 Å². The molecule has 0 bridgehead atoms. The van der Waals surface area contributed by atoms with Crippen molar-refractivity contribution in [2.45, 2.75) is 17.4 Å². The first-order chi connectivity index (χ1) is 9.17. The fourth-order valence-electron chi connectivity index (χ4n) is 2.37. The van der Waals surface area contributed by atoms with E-state index in [0.29, 0.717) is 16.8 Å². The van der Waals surface area contributed by atoms with Crippen molar-refractivity contribution in [2.75, 3.05) is 13.1 Å². The summed E-state index contributed by atoms with van der Waals surface area (Å²) >= 11 is 0. The average molecular weight is 350 g/mol. The Balaban J connectivity index is 0.00000110. The van der Waals surface area contributed by atoms with Crippen LogP contribution in [0.25, 0.3) is 10.8 Å². The summed E-state index contributed by atoms with van der Waals surface area (Å²) in [6, 6.07) is 6.94. The van der Waals surface area contributed by atoms with Gasteiger partial charge in [-0.15, -0.1) is 24.8 Å². The molecular weight excluding hydrogens is 333 g/mol. The molecule has 1 aromatic heterocycles. The third-order valence-electron chi connectivity index (χ3n) is 3.31. The van der Waals surface area contributed by atoms with Crippen LogP contribution in [0.1, 0.15) is 6.42 Å². The highest BCUT2D eigenvalue weighted by molar-refractivity contribution is 7.89. The van der Waals surface area contributed by atoms with E-state index in [4.69, 9.17) is 0 Å². The second-order valence-corrected chi connectivity index (χ2v) is 6.35. The molecular formula is C13H17Cl2N3O2S. The average Bonchev–Trinajstić information content (AvgIpc) is 2.90. The molecule has 1 saturated heterocycles. The number of hydrogen-bond donors (Lipinski definition) is 2. The maximum absolute atomic E-state index is 12.4. The van der Waals surface area contributed by atoms with Crippen LogP contribution in [-0.2, 0) is 10.0 Å². The molecule has 2 N–H and O–H groups in total. The third-order valence-corrected chi connectivity index (χ3v) is 4.89. The molecule has 116 valence electrons. The summed E-state index contributed by atoms with van der Waals surface area (Å²) in [5.41, 5.74) is 0. The molecule has 0 aliphatic carbocycles. The van der Waals surface area contributed by atoms with E-state index in [1.54, 1.807) is 30.6 Å². The van der Waals surface area contributed by atoms with E-state index in [2.05, 4.69) is 15.0 Å². The summed E-state index contributed by atoms with van der Waals surface area (Å²) in [7, 11) is -3.49. The van der Waals surface area contributed by atoms with E-state index in [9.17, 15) is 8.42 Å². The van der Waals surface area contributed by atoms with Crippen molar-refractivity contribution in [2.24, 2.45) is 0 Å². The molecule has 2 aromatic rings. The number of nitrogens with one attached hydrogen (secondary N) is 2. The first-order valence-electron chi connectivity index (χ1n) is 6.22. The van der Waals surface area contributed by atoms with E-state index in [0.717, 1.165) is 18.4 Å². The van der Waals surface area contributed by atoms with Gasteiger partial charge in [0.2, 0.25) is 10.0 Å². The van der Waals surface area contributed by atoms with Crippen LogP contribution in [0.4, 0.5) is 0 Å². The molecule has 1 fully saturated rings. The largest absolute Gasteiger partial charge is 0.315 e. The van der Waals surface area contributed by atoms with Gasteiger partial charge in [0.1, 0.15) is 0 Å². The fourth-order valence-corrected chi connectivity index (χ4v) is 3.87. The number of halogens is 2. The Morgan fingerprint density at radius 2 is 2.05 bits per heavy atom. The Kier molecular flexibility index (Phi) is 6.37. The molecule has 1 aromatic carbocycles. The highest BCUT2D eigenvalue weighted by Gasteiger charge is 2.23. The number of pyridine rings is 1. The van der Waals surface area contributed by atoms with Crippen LogP contribution in [0.3, 0.4) is 0 Å². The molecule has 0 amide bonds. The van der Waals surface area contributed by atoms with Gasteiger partial charge in [0.25, 0.3) is 0 Å². The fraction of sp³-hybridized carbons (Fsp3) is 0.308. The summed E-state index contributed by atoms with van der Waals surface area (Å²) in [6.45, 7) is 1.54. The van der Waals surface area contributed by atoms with Crippen molar-refractivity contribution in [3.05, 3.63) is 36.7 Å². The highest BCUT2D eigenvalue weighted by Crippen LogP contribution is 2.22. The van der Waals surface area contributed by atoms with E-state index in [1.807, 2.05) is 6.07 Å². The molecule has 1 aliphatic heterocycles. The molecule has 0 spiro atoms. The van der Waals surface area contributed by atoms with Crippen LogP contribution < -0.4 is 10.0 Å². The molecule has 1 aliphatic rings. The SMILES string of the molecule is Cl.Cl.O=S(=O)(N[C@H]1CCNC1)c1cccc2cnccc12.